The van der Waals surface area contributed by atoms with E-state index < -0.39 is 0 Å². The lowest BCUT2D eigenvalue weighted by molar-refractivity contribution is -0.132. The van der Waals surface area contributed by atoms with Crippen LogP contribution in [0, 0.1) is 0 Å². The number of rotatable bonds is 7. The second-order valence-corrected chi connectivity index (χ2v) is 6.92. The van der Waals surface area contributed by atoms with Crippen LogP contribution >= 0.6 is 11.6 Å². The molecule has 4 nitrogen and oxygen atoms in total. The molecule has 0 unspecified atom stereocenters. The quantitative estimate of drug-likeness (QED) is 0.817. The molecule has 24 heavy (non-hydrogen) atoms. The molecule has 1 fully saturated rings. The summed E-state index contributed by atoms with van der Waals surface area (Å²) >= 11 is 5.85. The van der Waals surface area contributed by atoms with Gasteiger partial charge in [-0.2, -0.15) is 0 Å². The van der Waals surface area contributed by atoms with Crippen LogP contribution in [0.1, 0.15) is 51.0 Å². The largest absolute Gasteiger partial charge is 0.356 e. The molecule has 1 aliphatic rings. The molecule has 2 amide bonds. The predicted octanol–water partition coefficient (Wildman–Crippen LogP) is 3.57. The summed E-state index contributed by atoms with van der Waals surface area (Å²) in [5.41, 5.74) is 1.15. The Morgan fingerprint density at radius 1 is 1.17 bits per heavy atom. The first-order valence-electron chi connectivity index (χ1n) is 8.84. The topological polar surface area (TPSA) is 49.4 Å². The highest BCUT2D eigenvalue weighted by Crippen LogP contribution is 2.22. The maximum Gasteiger partial charge on any atom is 0.221 e. The highest BCUT2D eigenvalue weighted by molar-refractivity contribution is 6.30. The Labute approximate surface area is 149 Å². The van der Waals surface area contributed by atoms with Gasteiger partial charge < -0.3 is 10.2 Å². The molecule has 0 spiro atoms. The molecule has 0 heterocycles. The number of halogens is 1. The second-order valence-electron chi connectivity index (χ2n) is 6.48. The summed E-state index contributed by atoms with van der Waals surface area (Å²) in [4.78, 5) is 25.8. The van der Waals surface area contributed by atoms with Gasteiger partial charge in [0.05, 0.1) is 0 Å². The zero-order valence-electron chi connectivity index (χ0n) is 14.4. The Bertz CT molecular complexity index is 539. The van der Waals surface area contributed by atoms with E-state index in [0.717, 1.165) is 29.8 Å². The van der Waals surface area contributed by atoms with Gasteiger partial charge in [0.2, 0.25) is 11.8 Å². The SMILES string of the molecule is CC(=O)N(CCC(=O)NCCc1ccc(Cl)cc1)C1CCCCC1. The molecule has 0 atom stereocenters. The van der Waals surface area contributed by atoms with Crippen LogP contribution in [0.15, 0.2) is 24.3 Å². The van der Waals surface area contributed by atoms with Gasteiger partial charge in [-0.1, -0.05) is 43.0 Å². The number of nitrogens with zero attached hydrogens (tertiary/aromatic N) is 1. The molecule has 1 aliphatic carbocycles. The number of carbonyl (C=O) groups excluding carboxylic acids is 2. The van der Waals surface area contributed by atoms with E-state index in [1.165, 1.54) is 19.3 Å². The van der Waals surface area contributed by atoms with E-state index in [2.05, 4.69) is 5.32 Å². The maximum absolute atomic E-state index is 12.0. The van der Waals surface area contributed by atoms with Gasteiger partial charge in [0.1, 0.15) is 0 Å². The van der Waals surface area contributed by atoms with Crippen LogP contribution in [0.5, 0.6) is 0 Å². The zero-order chi connectivity index (χ0) is 17.4. The molecular weight excluding hydrogens is 324 g/mol. The highest BCUT2D eigenvalue weighted by Gasteiger charge is 2.23. The summed E-state index contributed by atoms with van der Waals surface area (Å²) in [5, 5.41) is 3.65. The Morgan fingerprint density at radius 2 is 1.83 bits per heavy atom. The Kier molecular flexibility index (Phi) is 7.57. The molecule has 0 aliphatic heterocycles. The minimum Gasteiger partial charge on any atom is -0.356 e. The number of amides is 2. The fourth-order valence-corrected chi connectivity index (χ4v) is 3.42. The van der Waals surface area contributed by atoms with E-state index >= 15 is 0 Å². The van der Waals surface area contributed by atoms with E-state index in [1.807, 2.05) is 29.2 Å². The summed E-state index contributed by atoms with van der Waals surface area (Å²) in [6, 6.07) is 7.96. The Morgan fingerprint density at radius 3 is 2.46 bits per heavy atom. The van der Waals surface area contributed by atoms with Crippen molar-refractivity contribution in [2.24, 2.45) is 0 Å². The van der Waals surface area contributed by atoms with Crippen molar-refractivity contribution in [2.45, 2.75) is 57.9 Å². The van der Waals surface area contributed by atoms with E-state index in [1.54, 1.807) is 6.92 Å². The average Bonchev–Trinajstić information content (AvgIpc) is 2.57. The van der Waals surface area contributed by atoms with Gasteiger partial charge >= 0.3 is 0 Å². The zero-order valence-corrected chi connectivity index (χ0v) is 15.1. The van der Waals surface area contributed by atoms with E-state index in [-0.39, 0.29) is 11.8 Å². The van der Waals surface area contributed by atoms with Crippen LogP contribution in [0.3, 0.4) is 0 Å². The molecule has 0 radical (unpaired) electrons. The van der Waals surface area contributed by atoms with Gasteiger partial charge in [-0.3, -0.25) is 9.59 Å². The normalized spacial score (nSPS) is 15.1. The maximum atomic E-state index is 12.0. The molecule has 1 N–H and O–H groups in total. The van der Waals surface area contributed by atoms with Crippen molar-refractivity contribution < 1.29 is 9.59 Å². The average molecular weight is 351 g/mol. The van der Waals surface area contributed by atoms with Crippen molar-refractivity contribution in [3.8, 4) is 0 Å². The third-order valence-electron chi connectivity index (χ3n) is 4.65. The summed E-state index contributed by atoms with van der Waals surface area (Å²) in [6.45, 7) is 2.73. The fraction of sp³-hybridized carbons (Fsp3) is 0.579. The summed E-state index contributed by atoms with van der Waals surface area (Å²) < 4.78 is 0. The van der Waals surface area contributed by atoms with E-state index in [0.29, 0.717) is 25.6 Å². The summed E-state index contributed by atoms with van der Waals surface area (Å²) in [7, 11) is 0. The predicted molar refractivity (Wildman–Crippen MR) is 97.0 cm³/mol. The molecule has 0 saturated heterocycles. The molecule has 5 heteroatoms. The highest BCUT2D eigenvalue weighted by atomic mass is 35.5. The summed E-state index contributed by atoms with van der Waals surface area (Å²) in [6.07, 6.45) is 6.91. The van der Waals surface area contributed by atoms with Gasteiger partial charge in [0.15, 0.2) is 0 Å². The standard InChI is InChI=1S/C19H27ClN2O2/c1-15(23)22(18-5-3-2-4-6-18)14-12-19(24)21-13-11-16-7-9-17(20)10-8-16/h7-10,18H,2-6,11-14H2,1H3,(H,21,24). The molecule has 132 valence electrons. The molecule has 1 aromatic carbocycles. The van der Waals surface area contributed by atoms with Gasteiger partial charge in [-0.25, -0.2) is 0 Å². The van der Waals surface area contributed by atoms with Crippen molar-refractivity contribution in [1.82, 2.24) is 10.2 Å². The third-order valence-corrected chi connectivity index (χ3v) is 4.90. The molecule has 1 saturated carbocycles. The molecule has 0 bridgehead atoms. The van der Waals surface area contributed by atoms with Crippen LogP contribution < -0.4 is 5.32 Å². The monoisotopic (exact) mass is 350 g/mol. The lowest BCUT2D eigenvalue weighted by atomic mass is 9.94. The number of nitrogens with one attached hydrogen (secondary N) is 1. The Hall–Kier alpha value is -1.55. The van der Waals surface area contributed by atoms with Gasteiger partial charge in [-0.05, 0) is 37.0 Å². The van der Waals surface area contributed by atoms with E-state index in [4.69, 9.17) is 11.6 Å². The molecule has 2 rings (SSSR count). The second kappa shape index (κ2) is 9.67. The minimum absolute atomic E-state index is 0.00558. The molecule has 1 aromatic rings. The van der Waals surface area contributed by atoms with Crippen molar-refractivity contribution >= 4 is 23.4 Å². The van der Waals surface area contributed by atoms with Gasteiger partial charge in [0, 0.05) is 37.5 Å². The van der Waals surface area contributed by atoms with Crippen LogP contribution in [-0.4, -0.2) is 35.8 Å². The van der Waals surface area contributed by atoms with E-state index in [9.17, 15) is 9.59 Å². The third kappa shape index (κ3) is 6.16. The first-order chi connectivity index (χ1) is 11.6. The van der Waals surface area contributed by atoms with Gasteiger partial charge in [-0.15, -0.1) is 0 Å². The lowest BCUT2D eigenvalue weighted by Gasteiger charge is -2.33. The smallest absolute Gasteiger partial charge is 0.221 e. The molecular formula is C19H27ClN2O2. The first kappa shape index (κ1) is 18.8. The number of hydrogen-bond acceptors (Lipinski definition) is 2. The van der Waals surface area contributed by atoms with Crippen LogP contribution in [0.2, 0.25) is 5.02 Å². The minimum atomic E-state index is 0.00558. The lowest BCUT2D eigenvalue weighted by Crippen LogP contribution is -2.42. The summed E-state index contributed by atoms with van der Waals surface area (Å²) in [5.74, 6) is 0.0851. The van der Waals surface area contributed by atoms with Crippen LogP contribution in [-0.2, 0) is 16.0 Å². The van der Waals surface area contributed by atoms with Crippen LogP contribution in [0.25, 0.3) is 0 Å². The number of carbonyl (C=O) groups is 2. The van der Waals surface area contributed by atoms with Crippen molar-refractivity contribution in [3.05, 3.63) is 34.9 Å². The van der Waals surface area contributed by atoms with Crippen molar-refractivity contribution in [1.29, 1.82) is 0 Å². The van der Waals surface area contributed by atoms with Gasteiger partial charge in [0.25, 0.3) is 0 Å². The number of benzene rings is 1. The van der Waals surface area contributed by atoms with Crippen LogP contribution in [0.4, 0.5) is 0 Å². The van der Waals surface area contributed by atoms with Crippen molar-refractivity contribution in [3.63, 3.8) is 0 Å². The number of hydrogen-bond donors (Lipinski definition) is 1. The fourth-order valence-electron chi connectivity index (χ4n) is 3.30. The first-order valence-corrected chi connectivity index (χ1v) is 9.22. The molecule has 0 aromatic heterocycles. The van der Waals surface area contributed by atoms with Crippen molar-refractivity contribution in [2.75, 3.05) is 13.1 Å². The Balaban J connectivity index is 1.70.